The molecule has 2 atom stereocenters. The lowest BCUT2D eigenvalue weighted by Gasteiger charge is -2.43. The van der Waals surface area contributed by atoms with Crippen LogP contribution in [-0.2, 0) is 9.59 Å². The zero-order valence-electron chi connectivity index (χ0n) is 16.6. The topological polar surface area (TPSA) is 90.5 Å². The van der Waals surface area contributed by atoms with E-state index in [1.807, 2.05) is 44.2 Å². The maximum Gasteiger partial charge on any atom is 0.313 e. The number of hydrogen-bond acceptors (Lipinski definition) is 5. The predicted octanol–water partition coefficient (Wildman–Crippen LogP) is 4.73. The minimum absolute atomic E-state index is 0.0137. The molecule has 2 unspecified atom stereocenters. The molecule has 29 heavy (non-hydrogen) atoms. The normalized spacial score (nSPS) is 25.6. The lowest BCUT2D eigenvalue weighted by atomic mass is 9.61. The van der Waals surface area contributed by atoms with Crippen molar-refractivity contribution in [2.75, 3.05) is 5.75 Å². The summed E-state index contributed by atoms with van der Waals surface area (Å²) in [5.74, 6) is -1.65. The SMILES string of the molecule is C=CCC1(C#N)C(SCC(=O)O)=NC2=C(C(=O)CC(C)(C)C2)C1c1ccccc1. The Labute approximate surface area is 175 Å². The highest BCUT2D eigenvalue weighted by Gasteiger charge is 2.52. The molecule has 0 amide bonds. The third-order valence-electron chi connectivity index (χ3n) is 5.43. The summed E-state index contributed by atoms with van der Waals surface area (Å²) in [5, 5.41) is 20.0. The first kappa shape index (κ1) is 21.1. The van der Waals surface area contributed by atoms with Gasteiger partial charge in [0.1, 0.15) is 5.41 Å². The van der Waals surface area contributed by atoms with Crippen LogP contribution in [0.1, 0.15) is 44.6 Å². The number of carbonyl (C=O) groups is 2. The number of carboxylic acids is 1. The number of thioether (sulfide) groups is 1. The Balaban J connectivity index is 2.28. The highest BCUT2D eigenvalue weighted by molar-refractivity contribution is 8.14. The fraction of sp³-hybridized carbons (Fsp3) is 0.391. The smallest absolute Gasteiger partial charge is 0.313 e. The molecule has 1 aliphatic heterocycles. The molecule has 0 aromatic heterocycles. The summed E-state index contributed by atoms with van der Waals surface area (Å²) in [7, 11) is 0. The fourth-order valence-corrected chi connectivity index (χ4v) is 5.24. The van der Waals surface area contributed by atoms with Crippen molar-refractivity contribution in [2.24, 2.45) is 15.8 Å². The van der Waals surface area contributed by atoms with E-state index < -0.39 is 17.3 Å². The van der Waals surface area contributed by atoms with E-state index in [0.717, 1.165) is 17.3 Å². The molecule has 0 bridgehead atoms. The maximum absolute atomic E-state index is 13.2. The highest BCUT2D eigenvalue weighted by atomic mass is 32.2. The second-order valence-corrected chi connectivity index (χ2v) is 9.28. The predicted molar refractivity (Wildman–Crippen MR) is 115 cm³/mol. The van der Waals surface area contributed by atoms with Crippen LogP contribution in [0, 0.1) is 22.2 Å². The molecule has 5 nitrogen and oxygen atoms in total. The van der Waals surface area contributed by atoms with Crippen molar-refractivity contribution in [3.8, 4) is 6.07 Å². The molecule has 1 heterocycles. The average Bonchev–Trinajstić information content (AvgIpc) is 2.66. The Hall–Kier alpha value is -2.65. The first-order valence-electron chi connectivity index (χ1n) is 9.51. The van der Waals surface area contributed by atoms with Gasteiger partial charge in [-0.2, -0.15) is 5.26 Å². The van der Waals surface area contributed by atoms with E-state index in [1.54, 1.807) is 6.08 Å². The largest absolute Gasteiger partial charge is 0.481 e. The van der Waals surface area contributed by atoms with Crippen molar-refractivity contribution >= 4 is 28.6 Å². The number of Topliss-reactive ketones (excluding diaryl/α,β-unsaturated/α-hetero) is 1. The molecule has 2 aliphatic rings. The van der Waals surface area contributed by atoms with E-state index in [4.69, 9.17) is 4.99 Å². The summed E-state index contributed by atoms with van der Waals surface area (Å²) in [4.78, 5) is 29.2. The van der Waals surface area contributed by atoms with Crippen LogP contribution < -0.4 is 0 Å². The summed E-state index contributed by atoms with van der Waals surface area (Å²) in [6, 6.07) is 11.9. The number of carboxylic acid groups (broad SMARTS) is 1. The number of rotatable bonds is 5. The van der Waals surface area contributed by atoms with Crippen LogP contribution in [0.15, 0.2) is 59.2 Å². The Bertz CT molecular complexity index is 956. The van der Waals surface area contributed by atoms with Crippen molar-refractivity contribution in [3.63, 3.8) is 0 Å². The third-order valence-corrected chi connectivity index (χ3v) is 6.55. The van der Waals surface area contributed by atoms with Crippen LogP contribution in [0.4, 0.5) is 0 Å². The lowest BCUT2D eigenvalue weighted by molar-refractivity contribution is -0.133. The van der Waals surface area contributed by atoms with Gasteiger partial charge in [0.15, 0.2) is 5.78 Å². The first-order valence-corrected chi connectivity index (χ1v) is 10.5. The van der Waals surface area contributed by atoms with Gasteiger partial charge in [-0.05, 0) is 23.8 Å². The van der Waals surface area contributed by atoms with Crippen molar-refractivity contribution in [3.05, 3.63) is 59.8 Å². The van der Waals surface area contributed by atoms with Crippen molar-refractivity contribution in [2.45, 2.75) is 39.0 Å². The fourth-order valence-electron chi connectivity index (χ4n) is 4.30. The molecule has 1 aromatic carbocycles. The van der Waals surface area contributed by atoms with Gasteiger partial charge < -0.3 is 5.11 Å². The van der Waals surface area contributed by atoms with Crippen LogP contribution in [0.25, 0.3) is 0 Å². The van der Waals surface area contributed by atoms with Gasteiger partial charge in [-0.3, -0.25) is 9.59 Å². The standard InChI is InChI=1S/C23H24N2O3S/c1-4-10-23(14-24)20(15-8-6-5-7-9-15)19-16(11-22(2,3)12-17(19)26)25-21(23)29-13-18(27)28/h4-9,20H,1,10-13H2,2-3H3,(H,27,28). The van der Waals surface area contributed by atoms with E-state index >= 15 is 0 Å². The van der Waals surface area contributed by atoms with Crippen molar-refractivity contribution in [1.82, 2.24) is 0 Å². The van der Waals surface area contributed by atoms with E-state index in [9.17, 15) is 20.0 Å². The van der Waals surface area contributed by atoms with Gasteiger partial charge in [0.25, 0.3) is 0 Å². The quantitative estimate of drug-likeness (QED) is 0.711. The first-order chi connectivity index (χ1) is 13.7. The molecule has 0 fully saturated rings. The molecule has 1 aliphatic carbocycles. The third kappa shape index (κ3) is 3.92. The average molecular weight is 409 g/mol. The van der Waals surface area contributed by atoms with E-state index in [-0.39, 0.29) is 23.4 Å². The maximum atomic E-state index is 13.2. The van der Waals surface area contributed by atoms with Crippen LogP contribution in [0.2, 0.25) is 0 Å². The van der Waals surface area contributed by atoms with Gasteiger partial charge in [0.05, 0.1) is 16.9 Å². The number of nitrogens with zero attached hydrogens (tertiary/aromatic N) is 2. The number of aliphatic carboxylic acids is 1. The van der Waals surface area contributed by atoms with Gasteiger partial charge in [0.2, 0.25) is 0 Å². The van der Waals surface area contributed by atoms with E-state index in [0.29, 0.717) is 29.2 Å². The summed E-state index contributed by atoms with van der Waals surface area (Å²) in [5.41, 5.74) is 0.759. The molecule has 6 heteroatoms. The molecule has 0 spiro atoms. The second-order valence-electron chi connectivity index (χ2n) is 8.32. The number of hydrogen-bond donors (Lipinski definition) is 1. The van der Waals surface area contributed by atoms with E-state index in [2.05, 4.69) is 12.6 Å². The number of benzene rings is 1. The van der Waals surface area contributed by atoms with Crippen LogP contribution >= 0.6 is 11.8 Å². The van der Waals surface area contributed by atoms with Crippen LogP contribution in [-0.4, -0.2) is 27.7 Å². The molecule has 0 radical (unpaired) electrons. The summed E-state index contributed by atoms with van der Waals surface area (Å²) in [6.07, 6.45) is 2.95. The number of ketones is 1. The second kappa shape index (κ2) is 8.00. The van der Waals surface area contributed by atoms with Crippen LogP contribution in [0.5, 0.6) is 0 Å². The minimum atomic E-state index is -1.15. The van der Waals surface area contributed by atoms with Crippen molar-refractivity contribution in [1.29, 1.82) is 5.26 Å². The monoisotopic (exact) mass is 408 g/mol. The molecule has 0 saturated heterocycles. The van der Waals surface area contributed by atoms with Crippen molar-refractivity contribution < 1.29 is 14.7 Å². The Morgan fingerprint density at radius 2 is 2.07 bits per heavy atom. The van der Waals surface area contributed by atoms with Crippen LogP contribution in [0.3, 0.4) is 0 Å². The summed E-state index contributed by atoms with van der Waals surface area (Å²) in [6.45, 7) is 7.88. The molecule has 1 aromatic rings. The number of allylic oxidation sites excluding steroid dienone is 3. The lowest BCUT2D eigenvalue weighted by Crippen LogP contribution is -2.43. The van der Waals surface area contributed by atoms with Gasteiger partial charge in [-0.15, -0.1) is 6.58 Å². The summed E-state index contributed by atoms with van der Waals surface area (Å²) < 4.78 is 0. The minimum Gasteiger partial charge on any atom is -0.481 e. The molecule has 1 N–H and O–H groups in total. The van der Waals surface area contributed by atoms with Gasteiger partial charge in [0, 0.05) is 23.6 Å². The number of nitriles is 1. The zero-order valence-corrected chi connectivity index (χ0v) is 17.5. The molecular formula is C23H24N2O3S. The summed E-state index contributed by atoms with van der Waals surface area (Å²) >= 11 is 1.07. The molecular weight excluding hydrogens is 384 g/mol. The molecule has 150 valence electrons. The Morgan fingerprint density at radius 1 is 1.38 bits per heavy atom. The molecule has 0 saturated carbocycles. The Kier molecular flexibility index (Phi) is 5.81. The Morgan fingerprint density at radius 3 is 2.66 bits per heavy atom. The van der Waals surface area contributed by atoms with E-state index in [1.165, 1.54) is 0 Å². The zero-order chi connectivity index (χ0) is 21.2. The van der Waals surface area contributed by atoms with Gasteiger partial charge in [-0.25, -0.2) is 4.99 Å². The van der Waals surface area contributed by atoms with Gasteiger partial charge in [-0.1, -0.05) is 62.0 Å². The van der Waals surface area contributed by atoms with Gasteiger partial charge >= 0.3 is 5.97 Å². The molecule has 3 rings (SSSR count). The number of carbonyl (C=O) groups excluding carboxylic acids is 1. The number of aliphatic imine (C=N–C) groups is 1. The highest BCUT2D eigenvalue weighted by Crippen LogP contribution is 2.55.